The van der Waals surface area contributed by atoms with Crippen LogP contribution in [0, 0.1) is 0 Å². The molecule has 0 unspecified atom stereocenters. The molecule has 0 bridgehead atoms. The monoisotopic (exact) mass is 284 g/mol. The molecule has 0 atom stereocenters. The average molecular weight is 284 g/mol. The number of ether oxygens (including phenoxy) is 2. The number of carbonyl (C=O) groups excluding carboxylic acids is 2. The van der Waals surface area contributed by atoms with Crippen molar-refractivity contribution in [1.82, 2.24) is 0 Å². The summed E-state index contributed by atoms with van der Waals surface area (Å²) in [7, 11) is 0. The normalized spacial score (nSPS) is 10.0. The Balaban J connectivity index is 5.32. The molecule has 0 radical (unpaired) electrons. The fourth-order valence-electron chi connectivity index (χ4n) is 1.93. The van der Waals surface area contributed by atoms with E-state index in [1.807, 2.05) is 0 Å². The van der Waals surface area contributed by atoms with Gasteiger partial charge in [-0.05, 0) is 45.1 Å². The lowest BCUT2D eigenvalue weighted by Gasteiger charge is -2.13. The Bertz CT molecular complexity index is 301. The SMILES string of the molecule is CCCCC(CCCC)=C(C(=O)OCC)C(=O)OCC. The Morgan fingerprint density at radius 3 is 1.45 bits per heavy atom. The molecule has 0 spiro atoms. The van der Waals surface area contributed by atoms with E-state index in [9.17, 15) is 9.59 Å². The minimum atomic E-state index is -0.548. The van der Waals surface area contributed by atoms with E-state index in [0.717, 1.165) is 44.1 Å². The molecule has 0 saturated heterocycles. The van der Waals surface area contributed by atoms with Crippen LogP contribution >= 0.6 is 0 Å². The number of unbranched alkanes of at least 4 members (excludes halogenated alkanes) is 2. The van der Waals surface area contributed by atoms with Crippen LogP contribution in [0.5, 0.6) is 0 Å². The summed E-state index contributed by atoms with van der Waals surface area (Å²) in [5.41, 5.74) is 1.00. The van der Waals surface area contributed by atoms with Crippen molar-refractivity contribution < 1.29 is 19.1 Å². The molecular weight excluding hydrogens is 256 g/mol. The van der Waals surface area contributed by atoms with Gasteiger partial charge in [0.2, 0.25) is 0 Å². The maximum absolute atomic E-state index is 12.0. The Morgan fingerprint density at radius 2 is 1.15 bits per heavy atom. The van der Waals surface area contributed by atoms with Crippen molar-refractivity contribution >= 4 is 11.9 Å². The van der Waals surface area contributed by atoms with Crippen molar-refractivity contribution in [1.29, 1.82) is 0 Å². The molecule has 0 saturated carbocycles. The molecule has 0 fully saturated rings. The third-order valence-electron chi connectivity index (χ3n) is 2.98. The van der Waals surface area contributed by atoms with Gasteiger partial charge in [-0.25, -0.2) is 9.59 Å². The van der Waals surface area contributed by atoms with Gasteiger partial charge in [-0.1, -0.05) is 26.7 Å². The van der Waals surface area contributed by atoms with E-state index in [4.69, 9.17) is 9.47 Å². The molecule has 4 heteroatoms. The van der Waals surface area contributed by atoms with Crippen molar-refractivity contribution in [2.24, 2.45) is 0 Å². The maximum atomic E-state index is 12.0. The number of allylic oxidation sites excluding steroid dienone is 1. The minimum Gasteiger partial charge on any atom is -0.462 e. The highest BCUT2D eigenvalue weighted by Gasteiger charge is 2.25. The minimum absolute atomic E-state index is 0.121. The molecular formula is C16H28O4. The lowest BCUT2D eigenvalue weighted by molar-refractivity contribution is -0.146. The van der Waals surface area contributed by atoms with Crippen LogP contribution in [0.3, 0.4) is 0 Å². The summed E-state index contributed by atoms with van der Waals surface area (Å²) in [6, 6.07) is 0. The van der Waals surface area contributed by atoms with Crippen LogP contribution < -0.4 is 0 Å². The van der Waals surface area contributed by atoms with Gasteiger partial charge in [-0.2, -0.15) is 0 Å². The highest BCUT2D eigenvalue weighted by atomic mass is 16.6. The molecule has 4 nitrogen and oxygen atoms in total. The van der Waals surface area contributed by atoms with Gasteiger partial charge >= 0.3 is 11.9 Å². The summed E-state index contributed by atoms with van der Waals surface area (Å²) < 4.78 is 10.0. The Hall–Kier alpha value is -1.32. The molecule has 116 valence electrons. The van der Waals surface area contributed by atoms with Crippen molar-refractivity contribution in [2.45, 2.75) is 66.2 Å². The second-order valence-corrected chi connectivity index (χ2v) is 4.63. The van der Waals surface area contributed by atoms with Crippen molar-refractivity contribution in [3.63, 3.8) is 0 Å². The van der Waals surface area contributed by atoms with Gasteiger partial charge in [-0.3, -0.25) is 0 Å². The average Bonchev–Trinajstić information content (AvgIpc) is 2.42. The van der Waals surface area contributed by atoms with E-state index in [0.29, 0.717) is 0 Å². The second kappa shape index (κ2) is 11.5. The summed E-state index contributed by atoms with van der Waals surface area (Å²) in [4.78, 5) is 24.1. The van der Waals surface area contributed by atoms with Gasteiger partial charge in [0, 0.05) is 0 Å². The van der Waals surface area contributed by atoms with Crippen LogP contribution in [-0.4, -0.2) is 25.2 Å². The van der Waals surface area contributed by atoms with Gasteiger partial charge in [0.05, 0.1) is 13.2 Å². The number of rotatable bonds is 10. The lowest BCUT2D eigenvalue weighted by atomic mass is 9.97. The Labute approximate surface area is 122 Å². The number of carbonyl (C=O) groups is 2. The lowest BCUT2D eigenvalue weighted by Crippen LogP contribution is -2.20. The predicted molar refractivity (Wildman–Crippen MR) is 79.3 cm³/mol. The molecule has 0 aliphatic carbocycles. The van der Waals surface area contributed by atoms with E-state index in [1.165, 1.54) is 0 Å². The van der Waals surface area contributed by atoms with E-state index in [1.54, 1.807) is 13.8 Å². The first-order valence-corrected chi connectivity index (χ1v) is 7.68. The summed E-state index contributed by atoms with van der Waals surface area (Å²) in [5.74, 6) is -1.10. The number of hydrogen-bond acceptors (Lipinski definition) is 4. The Kier molecular flexibility index (Phi) is 10.7. The summed E-state index contributed by atoms with van der Waals surface area (Å²) in [5, 5.41) is 0. The molecule has 0 heterocycles. The van der Waals surface area contributed by atoms with Gasteiger partial charge in [0.1, 0.15) is 5.57 Å². The van der Waals surface area contributed by atoms with Crippen LogP contribution in [0.1, 0.15) is 66.2 Å². The third-order valence-corrected chi connectivity index (χ3v) is 2.98. The van der Waals surface area contributed by atoms with Gasteiger partial charge < -0.3 is 9.47 Å². The zero-order valence-corrected chi connectivity index (χ0v) is 13.3. The zero-order chi connectivity index (χ0) is 15.4. The topological polar surface area (TPSA) is 52.6 Å². The van der Waals surface area contributed by atoms with Crippen molar-refractivity contribution in [2.75, 3.05) is 13.2 Å². The second-order valence-electron chi connectivity index (χ2n) is 4.63. The quantitative estimate of drug-likeness (QED) is 0.265. The molecule has 0 rings (SSSR count). The standard InChI is InChI=1S/C16H28O4/c1-5-9-11-13(12-10-6-2)14(15(17)19-7-3)16(18)20-8-4/h5-12H2,1-4H3. The Morgan fingerprint density at radius 1 is 0.750 bits per heavy atom. The first-order chi connectivity index (χ1) is 9.62. The molecule has 0 aliphatic heterocycles. The smallest absolute Gasteiger partial charge is 0.345 e. The van der Waals surface area contributed by atoms with Gasteiger partial charge in [-0.15, -0.1) is 0 Å². The largest absolute Gasteiger partial charge is 0.462 e. The first kappa shape index (κ1) is 18.7. The maximum Gasteiger partial charge on any atom is 0.345 e. The summed E-state index contributed by atoms with van der Waals surface area (Å²) >= 11 is 0. The third kappa shape index (κ3) is 6.73. The van der Waals surface area contributed by atoms with Crippen LogP contribution in [0.15, 0.2) is 11.1 Å². The fourth-order valence-corrected chi connectivity index (χ4v) is 1.93. The molecule has 0 aliphatic rings. The van der Waals surface area contributed by atoms with Crippen LogP contribution in [0.4, 0.5) is 0 Å². The van der Waals surface area contributed by atoms with E-state index < -0.39 is 11.9 Å². The van der Waals surface area contributed by atoms with Crippen molar-refractivity contribution in [3.05, 3.63) is 11.1 Å². The molecule has 0 aromatic heterocycles. The number of esters is 2. The zero-order valence-electron chi connectivity index (χ0n) is 13.3. The van der Waals surface area contributed by atoms with E-state index in [2.05, 4.69) is 13.8 Å². The molecule has 0 aromatic rings. The molecule has 0 amide bonds. The number of hydrogen-bond donors (Lipinski definition) is 0. The molecule has 0 N–H and O–H groups in total. The first-order valence-electron chi connectivity index (χ1n) is 7.68. The summed E-state index contributed by atoms with van der Waals surface area (Å²) in [6.07, 6.45) is 5.47. The van der Waals surface area contributed by atoms with Crippen LogP contribution in [0.2, 0.25) is 0 Å². The van der Waals surface area contributed by atoms with Gasteiger partial charge in [0.25, 0.3) is 0 Å². The van der Waals surface area contributed by atoms with Gasteiger partial charge in [0.15, 0.2) is 0 Å². The molecule has 20 heavy (non-hydrogen) atoms. The molecule has 0 aromatic carbocycles. The highest BCUT2D eigenvalue weighted by Crippen LogP contribution is 2.21. The fraction of sp³-hybridized carbons (Fsp3) is 0.750. The van der Waals surface area contributed by atoms with Crippen LogP contribution in [-0.2, 0) is 19.1 Å². The van der Waals surface area contributed by atoms with Crippen molar-refractivity contribution in [3.8, 4) is 0 Å². The summed E-state index contributed by atoms with van der Waals surface area (Å²) in [6.45, 7) is 8.17. The van der Waals surface area contributed by atoms with Crippen LogP contribution in [0.25, 0.3) is 0 Å². The van der Waals surface area contributed by atoms with E-state index in [-0.39, 0.29) is 18.8 Å². The highest BCUT2D eigenvalue weighted by molar-refractivity contribution is 6.14. The van der Waals surface area contributed by atoms with E-state index >= 15 is 0 Å². The predicted octanol–water partition coefficient (Wildman–Crippen LogP) is 3.79.